The first kappa shape index (κ1) is 8.74. The van der Waals surface area contributed by atoms with Gasteiger partial charge in [-0.05, 0) is 5.56 Å². The van der Waals surface area contributed by atoms with Crippen molar-refractivity contribution in [3.63, 3.8) is 0 Å². The molecule has 0 spiro atoms. The van der Waals surface area contributed by atoms with Gasteiger partial charge in [-0.15, -0.1) is 0 Å². The van der Waals surface area contributed by atoms with E-state index in [1.807, 2.05) is 6.07 Å². The molecule has 64 valence electrons. The smallest absolute Gasteiger partial charge is 0.220 e. The van der Waals surface area contributed by atoms with Gasteiger partial charge in [0.2, 0.25) is 5.91 Å². The Balaban J connectivity index is 2.65. The zero-order chi connectivity index (χ0) is 8.97. The highest BCUT2D eigenvalue weighted by Gasteiger charge is 2.08. The predicted octanol–water partition coefficient (Wildman–Crippen LogP) is 0.595. The van der Waals surface area contributed by atoms with Gasteiger partial charge >= 0.3 is 0 Å². The van der Waals surface area contributed by atoms with Gasteiger partial charge in [0.1, 0.15) is 0 Å². The summed E-state index contributed by atoms with van der Waals surface area (Å²) < 4.78 is 0. The van der Waals surface area contributed by atoms with Gasteiger partial charge < -0.3 is 10.8 Å². The summed E-state index contributed by atoms with van der Waals surface area (Å²) >= 11 is 0. The van der Waals surface area contributed by atoms with Crippen molar-refractivity contribution in [2.24, 2.45) is 5.73 Å². The number of aliphatic hydroxyl groups excluding tert-OH is 1. The monoisotopic (exact) mass is 165 g/mol. The molecule has 3 nitrogen and oxygen atoms in total. The lowest BCUT2D eigenvalue weighted by atomic mass is 10.1. The topological polar surface area (TPSA) is 63.3 Å². The molecule has 0 aliphatic carbocycles. The fraction of sp³-hybridized carbons (Fsp3) is 0.222. The number of amides is 1. The van der Waals surface area contributed by atoms with Crippen LogP contribution in [-0.4, -0.2) is 11.0 Å². The van der Waals surface area contributed by atoms with E-state index in [-0.39, 0.29) is 6.42 Å². The summed E-state index contributed by atoms with van der Waals surface area (Å²) in [6.45, 7) is 0. The molecule has 12 heavy (non-hydrogen) atoms. The number of carbonyl (C=O) groups excluding carboxylic acids is 1. The van der Waals surface area contributed by atoms with Gasteiger partial charge in [-0.2, -0.15) is 0 Å². The Morgan fingerprint density at radius 2 is 2.00 bits per heavy atom. The lowest BCUT2D eigenvalue weighted by Gasteiger charge is -2.07. The zero-order valence-corrected chi connectivity index (χ0v) is 6.60. The maximum absolute atomic E-state index is 10.4. The molecular weight excluding hydrogens is 154 g/mol. The van der Waals surface area contributed by atoms with Crippen LogP contribution in [0.4, 0.5) is 0 Å². The third kappa shape index (κ3) is 2.36. The summed E-state index contributed by atoms with van der Waals surface area (Å²) in [5.74, 6) is -0.494. The molecule has 0 saturated heterocycles. The Morgan fingerprint density at radius 3 is 2.50 bits per heavy atom. The van der Waals surface area contributed by atoms with E-state index < -0.39 is 12.0 Å². The van der Waals surface area contributed by atoms with E-state index in [1.165, 1.54) is 0 Å². The molecule has 0 aromatic heterocycles. The third-order valence-corrected chi connectivity index (χ3v) is 1.58. The maximum atomic E-state index is 10.4. The number of rotatable bonds is 3. The molecule has 0 saturated carbocycles. The van der Waals surface area contributed by atoms with Crippen LogP contribution in [0, 0.1) is 0 Å². The number of hydrogen-bond acceptors (Lipinski definition) is 2. The molecule has 1 unspecified atom stereocenters. The van der Waals surface area contributed by atoms with Gasteiger partial charge in [-0.3, -0.25) is 4.79 Å². The van der Waals surface area contributed by atoms with E-state index >= 15 is 0 Å². The summed E-state index contributed by atoms with van der Waals surface area (Å²) in [6.07, 6.45) is -0.798. The molecule has 1 amide bonds. The maximum Gasteiger partial charge on any atom is 0.220 e. The summed E-state index contributed by atoms with van der Waals surface area (Å²) in [5, 5.41) is 9.39. The molecule has 0 radical (unpaired) electrons. The van der Waals surface area contributed by atoms with Gasteiger partial charge in [-0.1, -0.05) is 30.3 Å². The van der Waals surface area contributed by atoms with E-state index in [0.717, 1.165) is 5.56 Å². The molecule has 1 atom stereocenters. The molecule has 0 fully saturated rings. The van der Waals surface area contributed by atoms with Crippen molar-refractivity contribution in [2.75, 3.05) is 0 Å². The average Bonchev–Trinajstić information content (AvgIpc) is 2.05. The fourth-order valence-electron chi connectivity index (χ4n) is 0.984. The molecule has 0 aliphatic rings. The van der Waals surface area contributed by atoms with Crippen molar-refractivity contribution in [3.05, 3.63) is 35.9 Å². The second-order valence-electron chi connectivity index (χ2n) is 2.60. The van der Waals surface area contributed by atoms with Crippen LogP contribution >= 0.6 is 0 Å². The Hall–Kier alpha value is -1.35. The van der Waals surface area contributed by atoms with Crippen LogP contribution in [0.2, 0.25) is 0 Å². The largest absolute Gasteiger partial charge is 0.388 e. The third-order valence-electron chi connectivity index (χ3n) is 1.58. The van der Waals surface area contributed by atoms with Crippen molar-refractivity contribution in [2.45, 2.75) is 12.5 Å². The number of hydrogen-bond donors (Lipinski definition) is 2. The lowest BCUT2D eigenvalue weighted by molar-refractivity contribution is -0.119. The van der Waals surface area contributed by atoms with E-state index in [4.69, 9.17) is 5.73 Å². The van der Waals surface area contributed by atoms with Gasteiger partial charge in [0.15, 0.2) is 0 Å². The number of aliphatic hydroxyl groups is 1. The first-order valence-electron chi connectivity index (χ1n) is 3.71. The predicted molar refractivity (Wildman–Crippen MR) is 45.2 cm³/mol. The van der Waals surface area contributed by atoms with E-state index in [0.29, 0.717) is 0 Å². The Kier molecular flexibility index (Phi) is 2.82. The van der Waals surface area contributed by atoms with Crippen LogP contribution in [0.3, 0.4) is 0 Å². The summed E-state index contributed by atoms with van der Waals surface area (Å²) in [5.41, 5.74) is 5.65. The van der Waals surface area contributed by atoms with E-state index in [9.17, 15) is 9.90 Å². The molecule has 0 bridgehead atoms. The molecular formula is C9H11NO2. The van der Waals surface area contributed by atoms with Crippen LogP contribution in [0.1, 0.15) is 18.1 Å². The Bertz CT molecular complexity index is 258. The van der Waals surface area contributed by atoms with Crippen molar-refractivity contribution >= 4 is 5.91 Å². The molecule has 3 heteroatoms. The quantitative estimate of drug-likeness (QED) is 0.688. The van der Waals surface area contributed by atoms with Gasteiger partial charge in [0, 0.05) is 0 Å². The second-order valence-corrected chi connectivity index (χ2v) is 2.60. The van der Waals surface area contributed by atoms with Crippen LogP contribution in [-0.2, 0) is 4.79 Å². The standard InChI is InChI=1S/C9H11NO2/c10-9(12)6-8(11)7-4-2-1-3-5-7/h1-5,8,11H,6H2,(H2,10,12). The summed E-state index contributed by atoms with van der Waals surface area (Å²) in [7, 11) is 0. The molecule has 3 N–H and O–H groups in total. The summed E-state index contributed by atoms with van der Waals surface area (Å²) in [6, 6.07) is 8.97. The van der Waals surface area contributed by atoms with Crippen LogP contribution in [0.5, 0.6) is 0 Å². The highest BCUT2D eigenvalue weighted by molar-refractivity contribution is 5.74. The fourth-order valence-corrected chi connectivity index (χ4v) is 0.984. The Morgan fingerprint density at radius 1 is 1.42 bits per heavy atom. The highest BCUT2D eigenvalue weighted by Crippen LogP contribution is 2.14. The van der Waals surface area contributed by atoms with Crippen molar-refractivity contribution in [3.8, 4) is 0 Å². The average molecular weight is 165 g/mol. The minimum absolute atomic E-state index is 0.0238. The minimum Gasteiger partial charge on any atom is -0.388 e. The molecule has 0 aliphatic heterocycles. The highest BCUT2D eigenvalue weighted by atomic mass is 16.3. The number of nitrogens with two attached hydrogens (primary N) is 1. The first-order chi connectivity index (χ1) is 5.70. The molecule has 1 aromatic rings. The summed E-state index contributed by atoms with van der Waals surface area (Å²) in [4.78, 5) is 10.4. The number of carbonyl (C=O) groups is 1. The second kappa shape index (κ2) is 3.88. The SMILES string of the molecule is NC(=O)CC(O)c1ccccc1. The number of primary amides is 1. The van der Waals surface area contributed by atoms with Crippen molar-refractivity contribution in [1.29, 1.82) is 0 Å². The van der Waals surface area contributed by atoms with Crippen LogP contribution < -0.4 is 5.73 Å². The Labute approximate surface area is 70.8 Å². The van der Waals surface area contributed by atoms with Crippen LogP contribution in [0.15, 0.2) is 30.3 Å². The van der Waals surface area contributed by atoms with Crippen molar-refractivity contribution in [1.82, 2.24) is 0 Å². The zero-order valence-electron chi connectivity index (χ0n) is 6.60. The van der Waals surface area contributed by atoms with Crippen LogP contribution in [0.25, 0.3) is 0 Å². The molecule has 1 rings (SSSR count). The lowest BCUT2D eigenvalue weighted by Crippen LogP contribution is -2.14. The molecule has 0 heterocycles. The minimum atomic E-state index is -0.774. The first-order valence-corrected chi connectivity index (χ1v) is 3.71. The van der Waals surface area contributed by atoms with Gasteiger partial charge in [0.05, 0.1) is 12.5 Å². The van der Waals surface area contributed by atoms with Crippen molar-refractivity contribution < 1.29 is 9.90 Å². The van der Waals surface area contributed by atoms with Gasteiger partial charge in [0.25, 0.3) is 0 Å². The normalized spacial score (nSPS) is 12.4. The molecule has 1 aromatic carbocycles. The van der Waals surface area contributed by atoms with Gasteiger partial charge in [-0.25, -0.2) is 0 Å². The van der Waals surface area contributed by atoms with E-state index in [2.05, 4.69) is 0 Å². The number of benzene rings is 1. The van der Waals surface area contributed by atoms with E-state index in [1.54, 1.807) is 24.3 Å².